The maximum absolute atomic E-state index is 11.2. The van der Waals surface area contributed by atoms with Crippen molar-refractivity contribution in [3.05, 3.63) is 0 Å². The fourth-order valence-electron chi connectivity index (χ4n) is 1.26. The zero-order chi connectivity index (χ0) is 9.14. The molecule has 68 valence electrons. The number of hydrogen-bond donors (Lipinski definition) is 0. The first-order valence-corrected chi connectivity index (χ1v) is 4.05. The van der Waals surface area contributed by atoms with Crippen LogP contribution in [0.2, 0.25) is 0 Å². The van der Waals surface area contributed by atoms with Gasteiger partial charge in [-0.2, -0.15) is 0 Å². The molecule has 0 aromatic carbocycles. The molecule has 1 aliphatic heterocycles. The second kappa shape index (κ2) is 3.67. The summed E-state index contributed by atoms with van der Waals surface area (Å²) in [7, 11) is 1.79. The lowest BCUT2D eigenvalue weighted by Gasteiger charge is -2.31. The first kappa shape index (κ1) is 9.19. The van der Waals surface area contributed by atoms with Crippen molar-refractivity contribution < 1.29 is 9.59 Å². The van der Waals surface area contributed by atoms with E-state index in [0.29, 0.717) is 13.1 Å². The molecule has 1 aliphatic rings. The summed E-state index contributed by atoms with van der Waals surface area (Å²) in [5, 5.41) is 0. The van der Waals surface area contributed by atoms with Crippen LogP contribution in [0.4, 0.5) is 0 Å². The lowest BCUT2D eigenvalue weighted by atomic mass is 10.3. The third kappa shape index (κ3) is 2.30. The van der Waals surface area contributed by atoms with Crippen LogP contribution in [0, 0.1) is 0 Å². The maximum Gasteiger partial charge on any atom is 0.236 e. The van der Waals surface area contributed by atoms with Gasteiger partial charge in [0.1, 0.15) is 5.78 Å². The maximum atomic E-state index is 11.2. The number of nitrogens with zero attached hydrogens (tertiary/aromatic N) is 2. The second-order valence-corrected chi connectivity index (χ2v) is 3.23. The van der Waals surface area contributed by atoms with Crippen molar-refractivity contribution in [2.75, 3.05) is 33.2 Å². The molecule has 1 saturated heterocycles. The summed E-state index contributed by atoms with van der Waals surface area (Å²) in [6.45, 7) is 3.87. The highest BCUT2D eigenvalue weighted by Gasteiger charge is 2.20. The molecule has 4 nitrogen and oxygen atoms in total. The number of rotatable bonds is 2. The van der Waals surface area contributed by atoms with Gasteiger partial charge in [-0.15, -0.1) is 0 Å². The highest BCUT2D eigenvalue weighted by atomic mass is 16.2. The van der Waals surface area contributed by atoms with Crippen LogP contribution in [0.15, 0.2) is 0 Å². The minimum atomic E-state index is 0.0995. The van der Waals surface area contributed by atoms with E-state index in [0.717, 1.165) is 13.1 Å². The van der Waals surface area contributed by atoms with Crippen LogP contribution in [0.3, 0.4) is 0 Å². The van der Waals surface area contributed by atoms with Crippen LogP contribution in [0.5, 0.6) is 0 Å². The van der Waals surface area contributed by atoms with Crippen molar-refractivity contribution >= 4 is 11.7 Å². The lowest BCUT2D eigenvalue weighted by molar-refractivity contribution is -0.135. The summed E-state index contributed by atoms with van der Waals surface area (Å²) >= 11 is 0. The van der Waals surface area contributed by atoms with Crippen LogP contribution in [-0.4, -0.2) is 54.7 Å². The Morgan fingerprint density at radius 2 is 2.17 bits per heavy atom. The SMILES string of the molecule is CC(=O)CN1CCN(C)C(=O)C1. The molecule has 1 fully saturated rings. The van der Waals surface area contributed by atoms with Gasteiger partial charge in [-0.1, -0.05) is 0 Å². The van der Waals surface area contributed by atoms with Crippen LogP contribution in [0.1, 0.15) is 6.92 Å². The van der Waals surface area contributed by atoms with E-state index in [2.05, 4.69) is 0 Å². The Morgan fingerprint density at radius 1 is 1.50 bits per heavy atom. The molecule has 0 N–H and O–H groups in total. The number of Topliss-reactive ketones (excluding diaryl/α,β-unsaturated/α-hetero) is 1. The first-order chi connectivity index (χ1) is 5.59. The number of likely N-dealkylation sites (N-methyl/N-ethyl adjacent to an activating group) is 1. The van der Waals surface area contributed by atoms with Gasteiger partial charge in [0.25, 0.3) is 0 Å². The van der Waals surface area contributed by atoms with E-state index in [1.807, 2.05) is 4.90 Å². The highest BCUT2D eigenvalue weighted by molar-refractivity contribution is 5.81. The predicted octanol–water partition coefficient (Wildman–Crippen LogP) is -0.651. The molecule has 0 radical (unpaired) electrons. The number of carbonyl (C=O) groups is 2. The van der Waals surface area contributed by atoms with Gasteiger partial charge in [-0.05, 0) is 6.92 Å². The summed E-state index contributed by atoms with van der Waals surface area (Å²) in [6, 6.07) is 0. The Morgan fingerprint density at radius 3 is 2.67 bits per heavy atom. The third-order valence-corrected chi connectivity index (χ3v) is 1.98. The number of piperazine rings is 1. The summed E-state index contributed by atoms with van der Waals surface area (Å²) in [6.07, 6.45) is 0. The molecule has 0 unspecified atom stereocenters. The van der Waals surface area contributed by atoms with Gasteiger partial charge in [0.05, 0.1) is 13.1 Å². The second-order valence-electron chi connectivity index (χ2n) is 3.23. The highest BCUT2D eigenvalue weighted by Crippen LogP contribution is 1.99. The Kier molecular flexibility index (Phi) is 2.81. The molecule has 0 aromatic rings. The molecule has 4 heteroatoms. The normalized spacial score (nSPS) is 19.8. The van der Waals surface area contributed by atoms with E-state index in [9.17, 15) is 9.59 Å². The first-order valence-electron chi connectivity index (χ1n) is 4.05. The van der Waals surface area contributed by atoms with Crippen LogP contribution >= 0.6 is 0 Å². The van der Waals surface area contributed by atoms with Gasteiger partial charge in [0.2, 0.25) is 5.91 Å². The van der Waals surface area contributed by atoms with E-state index in [1.165, 1.54) is 0 Å². The lowest BCUT2D eigenvalue weighted by Crippen LogP contribution is -2.49. The minimum absolute atomic E-state index is 0.0995. The van der Waals surface area contributed by atoms with Crippen LogP contribution < -0.4 is 0 Å². The average Bonchev–Trinajstić information content (AvgIpc) is 1.96. The van der Waals surface area contributed by atoms with Crippen molar-refractivity contribution in [1.29, 1.82) is 0 Å². The molecule has 1 heterocycles. The van der Waals surface area contributed by atoms with Gasteiger partial charge in [-0.25, -0.2) is 0 Å². The fourth-order valence-corrected chi connectivity index (χ4v) is 1.26. The van der Waals surface area contributed by atoms with Gasteiger partial charge < -0.3 is 4.90 Å². The van der Waals surface area contributed by atoms with E-state index in [4.69, 9.17) is 0 Å². The van der Waals surface area contributed by atoms with E-state index >= 15 is 0 Å². The molecule has 1 rings (SSSR count). The predicted molar refractivity (Wildman–Crippen MR) is 44.8 cm³/mol. The molecule has 1 amide bonds. The molecule has 0 spiro atoms. The largest absolute Gasteiger partial charge is 0.343 e. The molecule has 0 atom stereocenters. The Labute approximate surface area is 72.1 Å². The Bertz CT molecular complexity index is 203. The molecule has 12 heavy (non-hydrogen) atoms. The number of hydrogen-bond acceptors (Lipinski definition) is 3. The summed E-state index contributed by atoms with van der Waals surface area (Å²) < 4.78 is 0. The van der Waals surface area contributed by atoms with Crippen LogP contribution in [-0.2, 0) is 9.59 Å². The van der Waals surface area contributed by atoms with Gasteiger partial charge >= 0.3 is 0 Å². The van der Waals surface area contributed by atoms with E-state index < -0.39 is 0 Å². The van der Waals surface area contributed by atoms with E-state index in [-0.39, 0.29) is 11.7 Å². The Balaban J connectivity index is 2.40. The summed E-state index contributed by atoms with van der Waals surface area (Å²) in [4.78, 5) is 25.5. The standard InChI is InChI=1S/C8H14N2O2/c1-7(11)5-10-4-3-9(2)8(12)6-10/h3-6H2,1-2H3. The third-order valence-electron chi connectivity index (χ3n) is 1.98. The van der Waals surface area contributed by atoms with Crippen molar-refractivity contribution in [2.45, 2.75) is 6.92 Å². The van der Waals surface area contributed by atoms with Crippen LogP contribution in [0.25, 0.3) is 0 Å². The fraction of sp³-hybridized carbons (Fsp3) is 0.750. The van der Waals surface area contributed by atoms with E-state index in [1.54, 1.807) is 18.9 Å². The summed E-state index contributed by atoms with van der Waals surface area (Å²) in [5.41, 5.74) is 0. The number of amides is 1. The molecular formula is C8H14N2O2. The number of carbonyl (C=O) groups excluding carboxylic acids is 2. The molecule has 0 aliphatic carbocycles. The number of ketones is 1. The van der Waals surface area contributed by atoms with Gasteiger partial charge in [0.15, 0.2) is 0 Å². The smallest absolute Gasteiger partial charge is 0.236 e. The molecule has 0 saturated carbocycles. The van der Waals surface area contributed by atoms with Crippen molar-refractivity contribution in [3.63, 3.8) is 0 Å². The monoisotopic (exact) mass is 170 g/mol. The molecule has 0 bridgehead atoms. The zero-order valence-electron chi connectivity index (χ0n) is 7.54. The minimum Gasteiger partial charge on any atom is -0.343 e. The van der Waals surface area contributed by atoms with Gasteiger partial charge in [0, 0.05) is 20.1 Å². The van der Waals surface area contributed by atoms with Crippen molar-refractivity contribution in [2.24, 2.45) is 0 Å². The topological polar surface area (TPSA) is 40.6 Å². The molecular weight excluding hydrogens is 156 g/mol. The zero-order valence-corrected chi connectivity index (χ0v) is 7.54. The van der Waals surface area contributed by atoms with Gasteiger partial charge in [-0.3, -0.25) is 14.5 Å². The Hall–Kier alpha value is -0.900. The molecule has 0 aromatic heterocycles. The summed E-state index contributed by atoms with van der Waals surface area (Å²) in [5.74, 6) is 0.217. The van der Waals surface area contributed by atoms with Crippen molar-refractivity contribution in [1.82, 2.24) is 9.80 Å². The van der Waals surface area contributed by atoms with Crippen molar-refractivity contribution in [3.8, 4) is 0 Å². The average molecular weight is 170 g/mol. The quantitative estimate of drug-likeness (QED) is 0.553.